The largest absolute Gasteiger partial charge is 0.377 e. The van der Waals surface area contributed by atoms with Crippen LogP contribution >= 0.6 is 11.8 Å². The van der Waals surface area contributed by atoms with Gasteiger partial charge in [0.25, 0.3) is 0 Å². The van der Waals surface area contributed by atoms with E-state index in [4.69, 9.17) is 4.74 Å². The van der Waals surface area contributed by atoms with E-state index in [0.717, 1.165) is 22.4 Å². The Labute approximate surface area is 105 Å². The smallest absolute Gasteiger partial charge is 0.195 e. The van der Waals surface area contributed by atoms with Crippen LogP contribution in [0.25, 0.3) is 5.69 Å². The normalized spacial score (nSPS) is 10.7. The molecule has 90 valence electrons. The van der Waals surface area contributed by atoms with E-state index in [1.165, 1.54) is 0 Å². The number of ether oxygens (including phenoxy) is 1. The lowest BCUT2D eigenvalue weighted by atomic mass is 10.3. The van der Waals surface area contributed by atoms with Gasteiger partial charge in [0.05, 0.1) is 0 Å². The number of methoxy groups -OCH3 is 1. The summed E-state index contributed by atoms with van der Waals surface area (Å²) in [5.74, 6) is 1.80. The maximum atomic E-state index is 5.15. The third kappa shape index (κ3) is 2.68. The summed E-state index contributed by atoms with van der Waals surface area (Å²) in [6.45, 7) is 2.57. The minimum atomic E-state index is 0.464. The summed E-state index contributed by atoms with van der Waals surface area (Å²) < 4.78 is 7.19. The van der Waals surface area contributed by atoms with Crippen molar-refractivity contribution in [2.45, 2.75) is 18.7 Å². The summed E-state index contributed by atoms with van der Waals surface area (Å²) in [6, 6.07) is 10.1. The zero-order valence-electron chi connectivity index (χ0n) is 9.96. The first kappa shape index (κ1) is 12.1. The Kier molecular flexibility index (Phi) is 4.17. The minimum Gasteiger partial charge on any atom is -0.377 e. The zero-order valence-corrected chi connectivity index (χ0v) is 10.8. The number of aromatic nitrogens is 3. The van der Waals surface area contributed by atoms with Gasteiger partial charge >= 0.3 is 0 Å². The maximum absolute atomic E-state index is 5.15. The van der Waals surface area contributed by atoms with Gasteiger partial charge in [-0.25, -0.2) is 0 Å². The molecule has 0 radical (unpaired) electrons. The number of hydrogen-bond acceptors (Lipinski definition) is 4. The van der Waals surface area contributed by atoms with E-state index < -0.39 is 0 Å². The number of hydrogen-bond donors (Lipinski definition) is 0. The molecule has 0 bridgehead atoms. The van der Waals surface area contributed by atoms with E-state index >= 15 is 0 Å². The van der Waals surface area contributed by atoms with Crippen LogP contribution in [0.2, 0.25) is 0 Å². The molecule has 0 aliphatic heterocycles. The van der Waals surface area contributed by atoms with Crippen molar-refractivity contribution in [2.24, 2.45) is 0 Å². The van der Waals surface area contributed by atoms with Crippen LogP contribution in [0.5, 0.6) is 0 Å². The molecule has 4 nitrogen and oxygen atoms in total. The van der Waals surface area contributed by atoms with Crippen LogP contribution in [0.4, 0.5) is 0 Å². The molecule has 0 aliphatic rings. The number of thioether (sulfide) groups is 1. The molecule has 0 fully saturated rings. The summed E-state index contributed by atoms with van der Waals surface area (Å²) in [5.41, 5.74) is 1.07. The van der Waals surface area contributed by atoms with Gasteiger partial charge in [-0.1, -0.05) is 36.9 Å². The molecule has 5 heteroatoms. The van der Waals surface area contributed by atoms with Crippen LogP contribution in [-0.2, 0) is 11.3 Å². The van der Waals surface area contributed by atoms with Crippen molar-refractivity contribution in [1.29, 1.82) is 0 Å². The topological polar surface area (TPSA) is 39.9 Å². The molecule has 0 spiro atoms. The van der Waals surface area contributed by atoms with Gasteiger partial charge in [-0.15, -0.1) is 10.2 Å². The summed E-state index contributed by atoms with van der Waals surface area (Å²) in [4.78, 5) is 0. The monoisotopic (exact) mass is 249 g/mol. The lowest BCUT2D eigenvalue weighted by molar-refractivity contribution is 0.176. The molecule has 0 unspecified atom stereocenters. The van der Waals surface area contributed by atoms with E-state index in [2.05, 4.69) is 17.1 Å². The molecule has 2 rings (SSSR count). The zero-order chi connectivity index (χ0) is 12.1. The predicted octanol–water partition coefficient (Wildman–Crippen LogP) is 2.53. The van der Waals surface area contributed by atoms with E-state index in [1.807, 2.05) is 34.9 Å². The van der Waals surface area contributed by atoms with Gasteiger partial charge in [0.15, 0.2) is 11.0 Å². The Balaban J connectivity index is 2.44. The predicted molar refractivity (Wildman–Crippen MR) is 68.5 cm³/mol. The van der Waals surface area contributed by atoms with Crippen LogP contribution in [0, 0.1) is 0 Å². The van der Waals surface area contributed by atoms with Gasteiger partial charge in [-0.3, -0.25) is 4.57 Å². The second-order valence-electron chi connectivity index (χ2n) is 3.44. The van der Waals surface area contributed by atoms with Gasteiger partial charge in [0.1, 0.15) is 6.61 Å². The minimum absolute atomic E-state index is 0.464. The van der Waals surface area contributed by atoms with E-state index in [1.54, 1.807) is 18.9 Å². The van der Waals surface area contributed by atoms with Crippen molar-refractivity contribution in [3.8, 4) is 5.69 Å². The summed E-state index contributed by atoms with van der Waals surface area (Å²) >= 11 is 1.68. The Morgan fingerprint density at radius 2 is 2.00 bits per heavy atom. The van der Waals surface area contributed by atoms with E-state index in [9.17, 15) is 0 Å². The highest BCUT2D eigenvalue weighted by Gasteiger charge is 2.13. The second kappa shape index (κ2) is 5.84. The molecule has 1 heterocycles. The molecular weight excluding hydrogens is 234 g/mol. The number of benzene rings is 1. The summed E-state index contributed by atoms with van der Waals surface area (Å²) in [5, 5.41) is 9.27. The van der Waals surface area contributed by atoms with Crippen LogP contribution < -0.4 is 0 Å². The Morgan fingerprint density at radius 3 is 2.65 bits per heavy atom. The summed E-state index contributed by atoms with van der Waals surface area (Å²) in [7, 11) is 1.66. The van der Waals surface area contributed by atoms with Gasteiger partial charge in [0, 0.05) is 12.8 Å². The Bertz CT molecular complexity index is 446. The van der Waals surface area contributed by atoms with Crippen molar-refractivity contribution in [3.63, 3.8) is 0 Å². The second-order valence-corrected chi connectivity index (χ2v) is 4.67. The number of nitrogens with zero attached hydrogens (tertiary/aromatic N) is 3. The Hall–Kier alpha value is -1.33. The van der Waals surface area contributed by atoms with Crippen molar-refractivity contribution in [1.82, 2.24) is 14.8 Å². The maximum Gasteiger partial charge on any atom is 0.195 e. The van der Waals surface area contributed by atoms with Gasteiger partial charge in [-0.05, 0) is 17.9 Å². The van der Waals surface area contributed by atoms with Crippen LogP contribution in [0.3, 0.4) is 0 Å². The standard InChI is InChI=1S/C12H15N3OS/c1-3-17-12-14-13-11(9-16-2)15(12)10-7-5-4-6-8-10/h4-8H,3,9H2,1-2H3. The highest BCUT2D eigenvalue weighted by molar-refractivity contribution is 7.99. The first-order chi connectivity index (χ1) is 8.36. The molecule has 0 saturated heterocycles. The third-order valence-corrected chi connectivity index (χ3v) is 3.07. The molecule has 17 heavy (non-hydrogen) atoms. The first-order valence-electron chi connectivity index (χ1n) is 5.48. The molecule has 0 atom stereocenters. The van der Waals surface area contributed by atoms with Gasteiger partial charge in [0.2, 0.25) is 0 Å². The number of para-hydroxylation sites is 1. The molecule has 1 aromatic heterocycles. The lowest BCUT2D eigenvalue weighted by Gasteiger charge is -2.08. The average molecular weight is 249 g/mol. The van der Waals surface area contributed by atoms with Crippen molar-refractivity contribution < 1.29 is 4.74 Å². The third-order valence-electron chi connectivity index (χ3n) is 2.26. The fourth-order valence-corrected chi connectivity index (χ4v) is 2.28. The average Bonchev–Trinajstić information content (AvgIpc) is 2.74. The highest BCUT2D eigenvalue weighted by atomic mass is 32.2. The number of rotatable bonds is 5. The molecule has 0 aliphatic carbocycles. The quantitative estimate of drug-likeness (QED) is 0.763. The van der Waals surface area contributed by atoms with Crippen molar-refractivity contribution in [3.05, 3.63) is 36.2 Å². The van der Waals surface area contributed by atoms with Gasteiger partial charge < -0.3 is 4.74 Å². The molecule has 0 amide bonds. The molecule has 1 aromatic carbocycles. The van der Waals surface area contributed by atoms with Crippen LogP contribution in [0.1, 0.15) is 12.7 Å². The first-order valence-corrected chi connectivity index (χ1v) is 6.46. The van der Waals surface area contributed by atoms with Crippen LogP contribution in [0.15, 0.2) is 35.5 Å². The van der Waals surface area contributed by atoms with Gasteiger partial charge in [-0.2, -0.15) is 0 Å². The molecule has 0 saturated carbocycles. The molecule has 2 aromatic rings. The fraction of sp³-hybridized carbons (Fsp3) is 0.333. The summed E-state index contributed by atoms with van der Waals surface area (Å²) in [6.07, 6.45) is 0. The van der Waals surface area contributed by atoms with Crippen LogP contribution in [-0.4, -0.2) is 27.6 Å². The fourth-order valence-electron chi connectivity index (χ4n) is 1.58. The molecular formula is C12H15N3OS. The molecule has 0 N–H and O–H groups in total. The SMILES string of the molecule is CCSc1nnc(COC)n1-c1ccccc1. The van der Waals surface area contributed by atoms with Crippen molar-refractivity contribution >= 4 is 11.8 Å². The highest BCUT2D eigenvalue weighted by Crippen LogP contribution is 2.21. The van der Waals surface area contributed by atoms with E-state index in [0.29, 0.717) is 6.61 Å². The van der Waals surface area contributed by atoms with Crippen molar-refractivity contribution in [2.75, 3.05) is 12.9 Å². The van der Waals surface area contributed by atoms with E-state index in [-0.39, 0.29) is 0 Å². The Morgan fingerprint density at radius 1 is 1.24 bits per heavy atom. The lowest BCUT2D eigenvalue weighted by Crippen LogP contribution is -2.03.